The van der Waals surface area contributed by atoms with E-state index in [4.69, 9.17) is 16.6 Å². The summed E-state index contributed by atoms with van der Waals surface area (Å²) in [5.41, 5.74) is 0.722. The van der Waals surface area contributed by atoms with E-state index < -0.39 is 15.8 Å². The second-order valence-electron chi connectivity index (χ2n) is 7.89. The van der Waals surface area contributed by atoms with Gasteiger partial charge in [-0.15, -0.1) is 0 Å². The SMILES string of the molecule is CS(=O)(=O)c1ccc(-c2ccc(/C=C3/SC(=S)N(C4CCC(C(=O)O)CC4)C3=O)o2)cc1. The van der Waals surface area contributed by atoms with Gasteiger partial charge in [-0.3, -0.25) is 14.5 Å². The molecule has 168 valence electrons. The number of sulfone groups is 1. The molecule has 2 fully saturated rings. The predicted octanol–water partition coefficient (Wildman–Crippen LogP) is 4.19. The van der Waals surface area contributed by atoms with Crippen LogP contribution in [0, 0.1) is 5.92 Å². The van der Waals surface area contributed by atoms with Crippen LogP contribution in [0.5, 0.6) is 0 Å². The quantitative estimate of drug-likeness (QED) is 0.490. The molecule has 1 saturated carbocycles. The Balaban J connectivity index is 1.48. The first-order chi connectivity index (χ1) is 15.1. The van der Waals surface area contributed by atoms with Gasteiger partial charge >= 0.3 is 5.97 Å². The van der Waals surface area contributed by atoms with Crippen molar-refractivity contribution >= 4 is 56.1 Å². The zero-order chi connectivity index (χ0) is 23.0. The molecular formula is C22H21NO6S3. The summed E-state index contributed by atoms with van der Waals surface area (Å²) in [6, 6.07) is 9.82. The summed E-state index contributed by atoms with van der Waals surface area (Å²) in [4.78, 5) is 26.5. The van der Waals surface area contributed by atoms with Crippen LogP contribution in [-0.4, -0.2) is 46.9 Å². The summed E-state index contributed by atoms with van der Waals surface area (Å²) in [5.74, 6) is -0.281. The Morgan fingerprint density at radius 1 is 1.16 bits per heavy atom. The monoisotopic (exact) mass is 491 g/mol. The fraction of sp³-hybridized carbons (Fsp3) is 0.318. The minimum Gasteiger partial charge on any atom is -0.481 e. The number of nitrogens with zero attached hydrogens (tertiary/aromatic N) is 1. The topological polar surface area (TPSA) is 105 Å². The maximum atomic E-state index is 13.0. The van der Waals surface area contributed by atoms with E-state index in [0.29, 0.717) is 46.4 Å². The molecule has 1 N–H and O–H groups in total. The van der Waals surface area contributed by atoms with Crippen LogP contribution in [-0.2, 0) is 19.4 Å². The molecule has 1 aromatic carbocycles. The molecule has 1 saturated heterocycles. The molecular weight excluding hydrogens is 470 g/mol. The minimum absolute atomic E-state index is 0.0791. The molecule has 0 bridgehead atoms. The number of aliphatic carboxylic acids is 1. The minimum atomic E-state index is -3.27. The standard InChI is InChI=1S/C22H21NO6S3/c1-32(27,28)17-9-4-13(5-10-17)18-11-8-16(29-18)12-19-20(24)23(22(30)31-19)15-6-2-14(3-7-15)21(25)26/h4-5,8-12,14-15H,2-3,6-7H2,1H3,(H,25,26)/b19-12+. The van der Waals surface area contributed by atoms with E-state index >= 15 is 0 Å². The van der Waals surface area contributed by atoms with Crippen molar-refractivity contribution in [3.8, 4) is 11.3 Å². The third-order valence-corrected chi connectivity index (χ3v) is 8.16. The first kappa shape index (κ1) is 22.8. The van der Waals surface area contributed by atoms with Crippen LogP contribution >= 0.6 is 24.0 Å². The molecule has 0 spiro atoms. The van der Waals surface area contributed by atoms with Gasteiger partial charge in [0, 0.05) is 23.9 Å². The van der Waals surface area contributed by atoms with E-state index in [0.717, 1.165) is 11.8 Å². The van der Waals surface area contributed by atoms with Gasteiger partial charge in [0.15, 0.2) is 9.84 Å². The number of thiocarbonyl (C=S) groups is 1. The molecule has 10 heteroatoms. The van der Waals surface area contributed by atoms with Crippen LogP contribution < -0.4 is 0 Å². The lowest BCUT2D eigenvalue weighted by atomic mass is 9.85. The number of carbonyl (C=O) groups excluding carboxylic acids is 1. The summed E-state index contributed by atoms with van der Waals surface area (Å²) in [7, 11) is -3.27. The molecule has 2 aliphatic rings. The number of hydrogen-bond donors (Lipinski definition) is 1. The molecule has 1 amide bonds. The van der Waals surface area contributed by atoms with Crippen molar-refractivity contribution in [3.05, 3.63) is 47.1 Å². The number of furan rings is 1. The zero-order valence-corrected chi connectivity index (χ0v) is 19.6. The largest absolute Gasteiger partial charge is 0.481 e. The van der Waals surface area contributed by atoms with Crippen molar-refractivity contribution in [2.75, 3.05) is 6.26 Å². The van der Waals surface area contributed by atoms with Crippen molar-refractivity contribution < 1.29 is 27.5 Å². The number of carboxylic acids is 1. The van der Waals surface area contributed by atoms with Crippen LogP contribution in [0.15, 0.2) is 50.6 Å². The number of thioether (sulfide) groups is 1. The highest BCUT2D eigenvalue weighted by molar-refractivity contribution is 8.26. The molecule has 0 atom stereocenters. The van der Waals surface area contributed by atoms with Crippen molar-refractivity contribution in [2.24, 2.45) is 5.92 Å². The lowest BCUT2D eigenvalue weighted by molar-refractivity contribution is -0.143. The molecule has 1 aliphatic heterocycles. The molecule has 0 radical (unpaired) electrons. The summed E-state index contributed by atoms with van der Waals surface area (Å²) in [6.45, 7) is 0. The van der Waals surface area contributed by atoms with Crippen LogP contribution in [0.1, 0.15) is 31.4 Å². The fourth-order valence-electron chi connectivity index (χ4n) is 3.96. The normalized spacial score (nSPS) is 23.2. The van der Waals surface area contributed by atoms with Crippen LogP contribution in [0.25, 0.3) is 17.4 Å². The second kappa shape index (κ2) is 8.84. The summed E-state index contributed by atoms with van der Waals surface area (Å²) in [5, 5.41) is 9.18. The number of amides is 1. The Labute approximate surface area is 195 Å². The van der Waals surface area contributed by atoms with Gasteiger partial charge in [0.25, 0.3) is 5.91 Å². The summed E-state index contributed by atoms with van der Waals surface area (Å²) >= 11 is 6.64. The number of benzene rings is 1. The molecule has 4 rings (SSSR count). The Hall–Kier alpha value is -2.43. The highest BCUT2D eigenvalue weighted by atomic mass is 32.2. The molecule has 0 unspecified atom stereocenters. The van der Waals surface area contributed by atoms with Gasteiger partial charge in [-0.2, -0.15) is 0 Å². The molecule has 1 aromatic heterocycles. The van der Waals surface area contributed by atoms with E-state index in [1.165, 1.54) is 23.9 Å². The molecule has 7 nitrogen and oxygen atoms in total. The smallest absolute Gasteiger partial charge is 0.306 e. The van der Waals surface area contributed by atoms with Crippen LogP contribution in [0.4, 0.5) is 0 Å². The van der Waals surface area contributed by atoms with Crippen molar-refractivity contribution in [1.82, 2.24) is 4.90 Å². The predicted molar refractivity (Wildman–Crippen MR) is 126 cm³/mol. The summed E-state index contributed by atoms with van der Waals surface area (Å²) in [6.07, 6.45) is 5.11. The first-order valence-electron chi connectivity index (χ1n) is 10.0. The molecule has 2 heterocycles. The zero-order valence-electron chi connectivity index (χ0n) is 17.2. The lowest BCUT2D eigenvalue weighted by Gasteiger charge is -2.32. The van der Waals surface area contributed by atoms with E-state index in [1.807, 2.05) is 0 Å². The average molecular weight is 492 g/mol. The third-order valence-electron chi connectivity index (χ3n) is 5.70. The van der Waals surface area contributed by atoms with Gasteiger partial charge in [0.1, 0.15) is 15.8 Å². The number of hydrogen-bond acceptors (Lipinski definition) is 7. The fourth-order valence-corrected chi connectivity index (χ4v) is 5.97. The maximum Gasteiger partial charge on any atom is 0.306 e. The Morgan fingerprint density at radius 3 is 2.41 bits per heavy atom. The number of rotatable bonds is 5. The second-order valence-corrected chi connectivity index (χ2v) is 11.6. The Morgan fingerprint density at radius 2 is 1.81 bits per heavy atom. The van der Waals surface area contributed by atoms with E-state index in [9.17, 15) is 23.1 Å². The van der Waals surface area contributed by atoms with Gasteiger partial charge < -0.3 is 9.52 Å². The Kier molecular flexibility index (Phi) is 6.28. The van der Waals surface area contributed by atoms with Crippen LogP contribution in [0.3, 0.4) is 0 Å². The lowest BCUT2D eigenvalue weighted by Crippen LogP contribution is -2.41. The van der Waals surface area contributed by atoms with Gasteiger partial charge in [0.2, 0.25) is 0 Å². The number of carboxylic acid groups (broad SMARTS) is 1. The van der Waals surface area contributed by atoms with Gasteiger partial charge in [0.05, 0.1) is 15.7 Å². The number of carbonyl (C=O) groups is 2. The Bertz CT molecular complexity index is 1200. The van der Waals surface area contributed by atoms with Gasteiger partial charge in [-0.05, 0) is 62.1 Å². The van der Waals surface area contributed by atoms with Crippen molar-refractivity contribution in [1.29, 1.82) is 0 Å². The van der Waals surface area contributed by atoms with E-state index in [2.05, 4.69) is 0 Å². The molecule has 2 aromatic rings. The molecule has 1 aliphatic carbocycles. The average Bonchev–Trinajstić information content (AvgIpc) is 3.32. The van der Waals surface area contributed by atoms with Gasteiger partial charge in [-0.1, -0.05) is 24.0 Å². The van der Waals surface area contributed by atoms with E-state index in [1.54, 1.807) is 35.2 Å². The van der Waals surface area contributed by atoms with E-state index in [-0.39, 0.29) is 22.8 Å². The molecule has 32 heavy (non-hydrogen) atoms. The highest BCUT2D eigenvalue weighted by Crippen LogP contribution is 2.38. The van der Waals surface area contributed by atoms with Crippen molar-refractivity contribution in [2.45, 2.75) is 36.6 Å². The third kappa shape index (κ3) is 4.67. The van der Waals surface area contributed by atoms with Crippen LogP contribution in [0.2, 0.25) is 0 Å². The van der Waals surface area contributed by atoms with Gasteiger partial charge in [-0.25, -0.2) is 8.42 Å². The summed E-state index contributed by atoms with van der Waals surface area (Å²) < 4.78 is 29.6. The first-order valence-corrected chi connectivity index (χ1v) is 13.2. The van der Waals surface area contributed by atoms with Crippen molar-refractivity contribution in [3.63, 3.8) is 0 Å². The maximum absolute atomic E-state index is 13.0. The highest BCUT2D eigenvalue weighted by Gasteiger charge is 2.39.